The van der Waals surface area contributed by atoms with Crippen LogP contribution in [0.1, 0.15) is 74.2 Å². The van der Waals surface area contributed by atoms with E-state index in [1.165, 1.54) is 11.0 Å². The van der Waals surface area contributed by atoms with E-state index in [0.717, 1.165) is 30.6 Å². The number of Topliss-reactive ketones (excluding diaryl/α,β-unsaturated/α-hetero) is 2. The van der Waals surface area contributed by atoms with Gasteiger partial charge >= 0.3 is 12.1 Å². The van der Waals surface area contributed by atoms with E-state index >= 15 is 0 Å². The third-order valence-corrected chi connectivity index (χ3v) is 11.2. The molecule has 55 heavy (non-hydrogen) atoms. The number of allylic oxidation sites excluding steroid dienone is 1. The van der Waals surface area contributed by atoms with Crippen LogP contribution in [0.5, 0.6) is 5.75 Å². The Kier molecular flexibility index (Phi) is 12.1. The maximum atomic E-state index is 14.3. The van der Waals surface area contributed by atoms with Gasteiger partial charge < -0.3 is 45.9 Å². The number of esters is 1. The number of aliphatic hydroxyl groups excluding tert-OH is 2. The zero-order chi connectivity index (χ0) is 40.5. The number of benzene rings is 1. The Morgan fingerprint density at radius 2 is 1.71 bits per heavy atom. The molecular formula is C38H51N5O12. The third kappa shape index (κ3) is 7.72. The molecule has 0 radical (unpaired) electrons. The summed E-state index contributed by atoms with van der Waals surface area (Å²) in [6.07, 6.45) is 4.55. The van der Waals surface area contributed by atoms with Crippen LogP contribution < -0.4 is 16.0 Å². The molecule has 0 bridgehead atoms. The minimum atomic E-state index is -2.80. The first-order valence-corrected chi connectivity index (χ1v) is 18.5. The zero-order valence-electron chi connectivity index (χ0n) is 31.8. The summed E-state index contributed by atoms with van der Waals surface area (Å²) in [5.41, 5.74) is 1.68. The fourth-order valence-electron chi connectivity index (χ4n) is 8.49. The summed E-state index contributed by atoms with van der Waals surface area (Å²) >= 11 is 0. The van der Waals surface area contributed by atoms with Gasteiger partial charge in [0.2, 0.25) is 18.5 Å². The third-order valence-electron chi connectivity index (χ3n) is 11.2. The summed E-state index contributed by atoms with van der Waals surface area (Å²) in [4.78, 5) is 83.1. The highest BCUT2D eigenvalue weighted by Crippen LogP contribution is 2.54. The van der Waals surface area contributed by atoms with Crippen LogP contribution in [-0.4, -0.2) is 125 Å². The van der Waals surface area contributed by atoms with Gasteiger partial charge in [0.1, 0.15) is 23.6 Å². The Bertz CT molecular complexity index is 1830. The van der Waals surface area contributed by atoms with Gasteiger partial charge in [-0.3, -0.25) is 33.8 Å². The van der Waals surface area contributed by atoms with Gasteiger partial charge in [-0.1, -0.05) is 26.2 Å². The molecule has 7 N–H and O–H groups in total. The van der Waals surface area contributed by atoms with E-state index in [4.69, 9.17) is 15.2 Å². The molecule has 1 saturated carbocycles. The summed E-state index contributed by atoms with van der Waals surface area (Å²) in [7, 11) is 6.47. The number of primary amides is 1. The molecule has 0 spiro atoms. The van der Waals surface area contributed by atoms with Crippen LogP contribution in [0, 0.1) is 17.8 Å². The fourth-order valence-corrected chi connectivity index (χ4v) is 8.49. The van der Waals surface area contributed by atoms with Crippen LogP contribution in [0.3, 0.4) is 0 Å². The number of rotatable bonds is 13. The van der Waals surface area contributed by atoms with Crippen LogP contribution in [0.15, 0.2) is 28.7 Å². The molecule has 0 heterocycles. The number of carbonyl (C=O) groups is 6. The molecular weight excluding hydrogens is 718 g/mol. The average molecular weight is 770 g/mol. The maximum absolute atomic E-state index is 14.3. The lowest BCUT2D eigenvalue weighted by atomic mass is 9.58. The van der Waals surface area contributed by atoms with Crippen LogP contribution in [0.25, 0.3) is 0 Å². The van der Waals surface area contributed by atoms with Gasteiger partial charge in [-0.15, -0.1) is 0 Å². The van der Waals surface area contributed by atoms with Gasteiger partial charge in [-0.05, 0) is 69.7 Å². The highest BCUT2D eigenvalue weighted by molar-refractivity contribution is 6.25. The number of nitrogens with two attached hydrogens (primary N) is 1. The lowest BCUT2D eigenvalue weighted by Gasteiger charge is -2.50. The number of likely N-dealkylation sites (N-methyl/N-ethyl adjacent to an activating group) is 1. The van der Waals surface area contributed by atoms with Gasteiger partial charge in [0, 0.05) is 44.2 Å². The standard InChI is InChI=1S/C38H51N5O12/c1-6-7-12-43(37(52)55-18-54-26(45)13-19-10-8-9-11-19)17-25(44)40-23-16-24(41(2)3)21-14-20-15-22-30(42(4)5)33(48)29(36(39)51)35(50)38(22,53)34(49)27(20)32(47)28(21)31(23)46/h16,19-20,22,30,46,48-49,53H,6-15,17-18H2,1-5H3,(H2,39,51)(H,40,44)/t20-,22-,30-,38-/m0/s1. The predicted molar refractivity (Wildman–Crippen MR) is 197 cm³/mol. The summed E-state index contributed by atoms with van der Waals surface area (Å²) in [6.45, 7) is 0.894. The molecule has 1 aromatic rings. The van der Waals surface area contributed by atoms with Crippen molar-refractivity contribution in [1.82, 2.24) is 9.80 Å². The average Bonchev–Trinajstić information content (AvgIpc) is 3.61. The molecule has 1 aromatic carbocycles. The number of phenols is 1. The molecule has 4 aliphatic carbocycles. The van der Waals surface area contributed by atoms with Crippen molar-refractivity contribution in [2.75, 3.05) is 58.3 Å². The molecule has 1 fully saturated rings. The van der Waals surface area contributed by atoms with Gasteiger partial charge in [-0.2, -0.15) is 0 Å². The molecule has 0 aliphatic heterocycles. The number of anilines is 2. The first kappa shape index (κ1) is 41.0. The van der Waals surface area contributed by atoms with Crippen molar-refractivity contribution in [3.63, 3.8) is 0 Å². The Hall–Kier alpha value is -5.16. The number of ketones is 2. The Morgan fingerprint density at radius 1 is 1.04 bits per heavy atom. The minimum Gasteiger partial charge on any atom is -0.510 e. The fraction of sp³-hybridized carbons (Fsp3) is 0.579. The second-order valence-corrected chi connectivity index (χ2v) is 15.2. The number of aromatic hydroxyl groups is 1. The summed E-state index contributed by atoms with van der Waals surface area (Å²) in [6, 6.07) is 0.335. The first-order valence-electron chi connectivity index (χ1n) is 18.5. The highest BCUT2D eigenvalue weighted by atomic mass is 16.7. The van der Waals surface area contributed by atoms with E-state index in [1.807, 2.05) is 6.92 Å². The Balaban J connectivity index is 1.41. The quantitative estimate of drug-likeness (QED) is 0.0730. The number of aliphatic hydroxyl groups is 3. The Labute approximate surface area is 318 Å². The maximum Gasteiger partial charge on any atom is 0.413 e. The number of amides is 3. The van der Waals surface area contributed by atoms with E-state index in [0.29, 0.717) is 24.1 Å². The van der Waals surface area contributed by atoms with Crippen molar-refractivity contribution in [2.24, 2.45) is 23.5 Å². The number of carbonyl (C=O) groups excluding carboxylic acids is 6. The molecule has 17 heteroatoms. The molecule has 17 nitrogen and oxygen atoms in total. The van der Waals surface area contributed by atoms with Crippen LogP contribution >= 0.6 is 0 Å². The second kappa shape index (κ2) is 16.3. The number of hydrogen-bond donors (Lipinski definition) is 6. The summed E-state index contributed by atoms with van der Waals surface area (Å²) in [5.74, 6) is -8.87. The van der Waals surface area contributed by atoms with E-state index in [1.54, 1.807) is 33.1 Å². The van der Waals surface area contributed by atoms with E-state index in [2.05, 4.69) is 5.32 Å². The SMILES string of the molecule is CCCCN(CC(=O)Nc1cc(N(C)C)c2c(c1O)C(=O)C1=C(O)[C@]3(O)C(=O)C(C(N)=O)=C(O)[C@@H](N(C)C)[C@@H]3C[C@@H]1C2)C(=O)OCOC(=O)CC1CCCC1. The van der Waals surface area contributed by atoms with Crippen LogP contribution in [-0.2, 0) is 35.1 Å². The van der Waals surface area contributed by atoms with Gasteiger partial charge in [-0.25, -0.2) is 4.79 Å². The summed E-state index contributed by atoms with van der Waals surface area (Å²) in [5, 5.41) is 48.7. The number of phenolic OH excluding ortho intramolecular Hbond substituents is 1. The largest absolute Gasteiger partial charge is 0.510 e. The smallest absolute Gasteiger partial charge is 0.413 e. The topological polar surface area (TPSA) is 250 Å². The van der Waals surface area contributed by atoms with Gasteiger partial charge in [0.25, 0.3) is 5.91 Å². The number of nitrogens with one attached hydrogen (secondary N) is 1. The highest BCUT2D eigenvalue weighted by Gasteiger charge is 2.63. The normalized spacial score (nSPS) is 23.6. The monoisotopic (exact) mass is 769 g/mol. The zero-order valence-corrected chi connectivity index (χ0v) is 31.8. The number of nitrogens with zero attached hydrogens (tertiary/aromatic N) is 3. The van der Waals surface area contributed by atoms with Gasteiger partial charge in [0.15, 0.2) is 17.1 Å². The minimum absolute atomic E-state index is 0.0473. The number of hydrogen-bond acceptors (Lipinski definition) is 14. The molecule has 3 amide bonds. The van der Waals surface area contributed by atoms with Crippen molar-refractivity contribution in [3.05, 3.63) is 39.9 Å². The molecule has 0 saturated heterocycles. The second-order valence-electron chi connectivity index (χ2n) is 15.2. The molecule has 5 rings (SSSR count). The van der Waals surface area contributed by atoms with E-state index in [-0.39, 0.29) is 48.5 Å². The molecule has 4 aliphatic rings. The van der Waals surface area contributed by atoms with Crippen LogP contribution in [0.2, 0.25) is 0 Å². The van der Waals surface area contributed by atoms with E-state index < -0.39 is 95.1 Å². The first-order chi connectivity index (χ1) is 25.9. The van der Waals surface area contributed by atoms with Crippen molar-refractivity contribution < 1.29 is 58.7 Å². The molecule has 300 valence electrons. The lowest BCUT2D eigenvalue weighted by Crippen LogP contribution is -2.63. The van der Waals surface area contributed by atoms with Crippen molar-refractivity contribution in [1.29, 1.82) is 0 Å². The Morgan fingerprint density at radius 3 is 2.31 bits per heavy atom. The van der Waals surface area contributed by atoms with Crippen LogP contribution in [0.4, 0.5) is 16.2 Å². The number of unbranched alkanes of at least 4 members (excludes halogenated alkanes) is 1. The number of ether oxygens (including phenoxy) is 2. The summed E-state index contributed by atoms with van der Waals surface area (Å²) < 4.78 is 10.3. The van der Waals surface area contributed by atoms with E-state index in [9.17, 15) is 49.2 Å². The lowest BCUT2D eigenvalue weighted by molar-refractivity contribution is -0.153. The predicted octanol–water partition coefficient (Wildman–Crippen LogP) is 2.44. The molecule has 0 aromatic heterocycles. The van der Waals surface area contributed by atoms with Crippen molar-refractivity contribution in [2.45, 2.75) is 76.4 Å². The van der Waals surface area contributed by atoms with Crippen molar-refractivity contribution >= 4 is 46.8 Å². The van der Waals surface area contributed by atoms with Crippen molar-refractivity contribution in [3.8, 4) is 5.75 Å². The molecule has 0 unspecified atom stereocenters. The van der Waals surface area contributed by atoms with Gasteiger partial charge in [0.05, 0.1) is 17.3 Å². The molecule has 4 atom stereocenters. The number of fused-ring (bicyclic) bond motifs is 3.